The van der Waals surface area contributed by atoms with E-state index in [0.29, 0.717) is 55.6 Å². The molecule has 1 aromatic heterocycles. The highest BCUT2D eigenvalue weighted by molar-refractivity contribution is 7.91. The van der Waals surface area contributed by atoms with Crippen molar-refractivity contribution < 1.29 is 26.4 Å². The smallest absolute Gasteiger partial charge is 0.369 e. The summed E-state index contributed by atoms with van der Waals surface area (Å²) in [6, 6.07) is 9.47. The lowest BCUT2D eigenvalue weighted by Crippen LogP contribution is -2.42. The first kappa shape index (κ1) is 26.5. The number of aromatic nitrogens is 2. The maximum atomic E-state index is 13.3. The standard InChI is InChI=1S/C26H30F3N5O3S/c27-26(28,29)17-34-15-22(18-5-7-19(8-6-18)33-11-13-38(36,37)14-12-33)23(32-34)20-3-1-2-4-21(20)24(35)31-25(16-30)9-10-25/h5-8,15,20-21H,1-4,9-14,17H2,(H,31,35)/t20-,21-/m1/s1. The first-order valence-electron chi connectivity index (χ1n) is 12.9. The zero-order valence-electron chi connectivity index (χ0n) is 20.9. The third-order valence-corrected chi connectivity index (χ3v) is 9.41. The summed E-state index contributed by atoms with van der Waals surface area (Å²) in [6.45, 7) is -0.458. The van der Waals surface area contributed by atoms with E-state index >= 15 is 0 Å². The predicted molar refractivity (Wildman–Crippen MR) is 135 cm³/mol. The molecular weight excluding hydrogens is 519 g/mol. The number of hydrogen-bond acceptors (Lipinski definition) is 6. The molecule has 0 bridgehead atoms. The zero-order chi connectivity index (χ0) is 27.1. The first-order chi connectivity index (χ1) is 18.0. The number of sulfone groups is 1. The summed E-state index contributed by atoms with van der Waals surface area (Å²) in [7, 11) is -3.02. The number of alkyl halides is 3. The Morgan fingerprint density at radius 2 is 1.79 bits per heavy atom. The molecule has 1 N–H and O–H groups in total. The van der Waals surface area contributed by atoms with Gasteiger partial charge in [0.25, 0.3) is 0 Å². The van der Waals surface area contributed by atoms with Crippen molar-refractivity contribution in [3.8, 4) is 17.2 Å². The highest BCUT2D eigenvalue weighted by atomic mass is 32.2. The number of nitriles is 1. The number of amides is 1. The Labute approximate surface area is 219 Å². The van der Waals surface area contributed by atoms with Gasteiger partial charge in [-0.2, -0.15) is 23.5 Å². The second-order valence-electron chi connectivity index (χ2n) is 10.6. The lowest BCUT2D eigenvalue weighted by molar-refractivity contribution is -0.142. The van der Waals surface area contributed by atoms with Crippen LogP contribution in [-0.4, -0.2) is 60.4 Å². The van der Waals surface area contributed by atoms with Gasteiger partial charge in [0.2, 0.25) is 5.91 Å². The number of anilines is 1. The minimum atomic E-state index is -4.45. The molecule has 204 valence electrons. The normalized spacial score (nSPS) is 24.4. The fourth-order valence-electron chi connectivity index (χ4n) is 5.51. The van der Waals surface area contributed by atoms with Crippen molar-refractivity contribution in [2.75, 3.05) is 29.5 Å². The van der Waals surface area contributed by atoms with Crippen LogP contribution in [-0.2, 0) is 21.2 Å². The van der Waals surface area contributed by atoms with Gasteiger partial charge in [-0.25, -0.2) is 8.42 Å². The molecule has 2 heterocycles. The Morgan fingerprint density at radius 1 is 1.13 bits per heavy atom. The molecule has 0 spiro atoms. The molecule has 1 amide bonds. The fourth-order valence-corrected chi connectivity index (χ4v) is 6.71. The lowest BCUT2D eigenvalue weighted by atomic mass is 9.75. The zero-order valence-corrected chi connectivity index (χ0v) is 21.7. The van der Waals surface area contributed by atoms with Crippen LogP contribution >= 0.6 is 0 Å². The van der Waals surface area contributed by atoms with Crippen molar-refractivity contribution in [2.45, 2.75) is 62.7 Å². The van der Waals surface area contributed by atoms with Gasteiger partial charge in [-0.05, 0) is 43.4 Å². The Bertz CT molecular complexity index is 1330. The summed E-state index contributed by atoms with van der Waals surface area (Å²) in [4.78, 5) is 15.2. The molecule has 8 nitrogen and oxygen atoms in total. The molecule has 12 heteroatoms. The molecule has 1 aromatic carbocycles. The minimum absolute atomic E-state index is 0.0847. The van der Waals surface area contributed by atoms with Crippen LogP contribution in [0.2, 0.25) is 0 Å². The van der Waals surface area contributed by atoms with Gasteiger partial charge in [-0.3, -0.25) is 9.48 Å². The molecule has 2 aromatic rings. The van der Waals surface area contributed by atoms with Crippen molar-refractivity contribution in [1.29, 1.82) is 5.26 Å². The van der Waals surface area contributed by atoms with Crippen molar-refractivity contribution in [3.63, 3.8) is 0 Å². The largest absolute Gasteiger partial charge is 0.408 e. The van der Waals surface area contributed by atoms with Crippen LogP contribution in [0.5, 0.6) is 0 Å². The summed E-state index contributed by atoms with van der Waals surface area (Å²) in [5.41, 5.74) is 1.72. The first-order valence-corrected chi connectivity index (χ1v) is 14.7. The Morgan fingerprint density at radius 3 is 2.39 bits per heavy atom. The summed E-state index contributed by atoms with van der Waals surface area (Å²) >= 11 is 0. The van der Waals surface area contributed by atoms with E-state index in [4.69, 9.17) is 0 Å². The number of carbonyl (C=O) groups excluding carboxylic acids is 1. The number of carbonyl (C=O) groups is 1. The summed E-state index contributed by atoms with van der Waals surface area (Å²) in [6.07, 6.45) is 1.02. The van der Waals surface area contributed by atoms with Gasteiger partial charge >= 0.3 is 6.18 Å². The summed E-state index contributed by atoms with van der Waals surface area (Å²) in [5.74, 6) is -0.907. The van der Waals surface area contributed by atoms with Crippen LogP contribution in [0.4, 0.5) is 18.9 Å². The highest BCUT2D eigenvalue weighted by Crippen LogP contribution is 2.43. The van der Waals surface area contributed by atoms with Gasteiger partial charge in [-0.15, -0.1) is 0 Å². The molecule has 1 aliphatic heterocycles. The van der Waals surface area contributed by atoms with E-state index < -0.39 is 34.0 Å². The number of benzene rings is 1. The molecule has 38 heavy (non-hydrogen) atoms. The van der Waals surface area contributed by atoms with Gasteiger partial charge in [0.05, 0.1) is 23.3 Å². The van der Waals surface area contributed by atoms with E-state index in [1.165, 1.54) is 6.20 Å². The molecule has 2 aliphatic carbocycles. The van der Waals surface area contributed by atoms with Crippen LogP contribution in [0.1, 0.15) is 50.1 Å². The van der Waals surface area contributed by atoms with E-state index in [9.17, 15) is 31.6 Å². The quantitative estimate of drug-likeness (QED) is 0.588. The maximum absolute atomic E-state index is 13.3. The Balaban J connectivity index is 1.45. The molecule has 3 aliphatic rings. The minimum Gasteiger partial charge on any atom is -0.369 e. The molecule has 1 saturated heterocycles. The molecule has 2 saturated carbocycles. The predicted octanol–water partition coefficient (Wildman–Crippen LogP) is 3.79. The maximum Gasteiger partial charge on any atom is 0.408 e. The summed E-state index contributed by atoms with van der Waals surface area (Å²) < 4.78 is 64.3. The lowest BCUT2D eigenvalue weighted by Gasteiger charge is -2.31. The highest BCUT2D eigenvalue weighted by Gasteiger charge is 2.47. The van der Waals surface area contributed by atoms with Gasteiger partial charge in [0, 0.05) is 42.4 Å². The van der Waals surface area contributed by atoms with E-state index in [2.05, 4.69) is 16.5 Å². The Kier molecular flexibility index (Phi) is 6.92. The van der Waals surface area contributed by atoms with Crippen LogP contribution in [0, 0.1) is 17.2 Å². The van der Waals surface area contributed by atoms with Gasteiger partial charge < -0.3 is 10.2 Å². The van der Waals surface area contributed by atoms with Crippen molar-refractivity contribution in [3.05, 3.63) is 36.2 Å². The van der Waals surface area contributed by atoms with Crippen LogP contribution in [0.25, 0.3) is 11.1 Å². The van der Waals surface area contributed by atoms with Crippen LogP contribution in [0.15, 0.2) is 30.5 Å². The van der Waals surface area contributed by atoms with E-state index in [1.54, 1.807) is 0 Å². The molecule has 5 rings (SSSR count). The third kappa shape index (κ3) is 5.82. The average molecular weight is 550 g/mol. The van der Waals surface area contributed by atoms with Gasteiger partial charge in [0.1, 0.15) is 12.1 Å². The average Bonchev–Trinajstić information content (AvgIpc) is 3.53. The van der Waals surface area contributed by atoms with Crippen LogP contribution in [0.3, 0.4) is 0 Å². The number of halogens is 3. The SMILES string of the molecule is N#CC1(NC(=O)[C@@H]2CCCC[C@H]2c2nn(CC(F)(F)F)cc2-c2ccc(N3CCS(=O)(=O)CC3)cc2)CC1. The topological polar surface area (TPSA) is 108 Å². The Hall–Kier alpha value is -3.07. The van der Waals surface area contributed by atoms with Crippen molar-refractivity contribution >= 4 is 21.4 Å². The van der Waals surface area contributed by atoms with E-state index in [0.717, 1.165) is 23.2 Å². The van der Waals surface area contributed by atoms with Gasteiger partial charge in [-0.1, -0.05) is 25.0 Å². The second-order valence-corrected chi connectivity index (χ2v) is 12.9. The van der Waals surface area contributed by atoms with Gasteiger partial charge in [0.15, 0.2) is 9.84 Å². The fraction of sp³-hybridized carbons (Fsp3) is 0.577. The molecule has 0 radical (unpaired) electrons. The molecule has 0 unspecified atom stereocenters. The van der Waals surface area contributed by atoms with E-state index in [1.807, 2.05) is 29.2 Å². The molecular formula is C26H30F3N5O3S. The molecule has 3 fully saturated rings. The number of hydrogen-bond donors (Lipinski definition) is 1. The molecule has 2 atom stereocenters. The number of rotatable bonds is 6. The van der Waals surface area contributed by atoms with Crippen molar-refractivity contribution in [2.24, 2.45) is 5.92 Å². The number of nitrogens with zero attached hydrogens (tertiary/aromatic N) is 4. The van der Waals surface area contributed by atoms with Crippen molar-refractivity contribution in [1.82, 2.24) is 15.1 Å². The third-order valence-electron chi connectivity index (χ3n) is 7.80. The monoisotopic (exact) mass is 549 g/mol. The van der Waals surface area contributed by atoms with Crippen LogP contribution < -0.4 is 10.2 Å². The number of nitrogens with one attached hydrogen (secondary N) is 1. The second kappa shape index (κ2) is 9.91. The van der Waals surface area contributed by atoms with E-state index in [-0.39, 0.29) is 23.3 Å². The summed E-state index contributed by atoms with van der Waals surface area (Å²) in [5, 5.41) is 16.7.